The Hall–Kier alpha value is -3.14. The lowest BCUT2D eigenvalue weighted by molar-refractivity contribution is 0.886. The minimum absolute atomic E-state index is 0.617. The zero-order valence-corrected chi connectivity index (χ0v) is 16.2. The van der Waals surface area contributed by atoms with Gasteiger partial charge in [-0.05, 0) is 48.0 Å². The van der Waals surface area contributed by atoms with E-state index in [1.807, 2.05) is 65.2 Å². The highest BCUT2D eigenvalue weighted by Gasteiger charge is 2.16. The lowest BCUT2D eigenvalue weighted by Gasteiger charge is -2.11. The predicted molar refractivity (Wildman–Crippen MR) is 110 cm³/mol. The van der Waals surface area contributed by atoms with Crippen LogP contribution in [0.3, 0.4) is 0 Å². The summed E-state index contributed by atoms with van der Waals surface area (Å²) in [4.78, 5) is 4.08. The molecule has 4 rings (SSSR count). The summed E-state index contributed by atoms with van der Waals surface area (Å²) in [6.45, 7) is 0. The third kappa shape index (κ3) is 3.77. The molecule has 0 aliphatic heterocycles. The second kappa shape index (κ2) is 8.26. The van der Waals surface area contributed by atoms with Crippen LogP contribution in [0.2, 0.25) is 5.02 Å². The van der Waals surface area contributed by atoms with Crippen LogP contribution in [0.15, 0.2) is 78.2 Å². The van der Waals surface area contributed by atoms with Gasteiger partial charge in [0, 0.05) is 34.4 Å². The van der Waals surface area contributed by atoms with E-state index in [2.05, 4.69) is 21.3 Å². The van der Waals surface area contributed by atoms with E-state index in [0.29, 0.717) is 16.3 Å². The number of pyridine rings is 1. The number of nitriles is 1. The first-order valence-corrected chi connectivity index (χ1v) is 9.85. The van der Waals surface area contributed by atoms with Gasteiger partial charge in [0.25, 0.3) is 0 Å². The van der Waals surface area contributed by atoms with Gasteiger partial charge in [0.05, 0.1) is 11.6 Å². The maximum atomic E-state index is 9.32. The van der Waals surface area contributed by atoms with Crippen molar-refractivity contribution >= 4 is 23.4 Å². The van der Waals surface area contributed by atoms with Gasteiger partial charge in [-0.15, -0.1) is 10.2 Å². The highest BCUT2D eigenvalue weighted by molar-refractivity contribution is 7.98. The van der Waals surface area contributed by atoms with Crippen LogP contribution in [0.25, 0.3) is 17.1 Å². The number of benzene rings is 2. The first-order valence-electron chi connectivity index (χ1n) is 8.49. The average molecular weight is 404 g/mol. The Morgan fingerprint density at radius 2 is 1.71 bits per heavy atom. The van der Waals surface area contributed by atoms with Gasteiger partial charge in [-0.25, -0.2) is 0 Å². The van der Waals surface area contributed by atoms with Crippen molar-refractivity contribution in [3.8, 4) is 23.1 Å². The molecule has 0 N–H and O–H groups in total. The van der Waals surface area contributed by atoms with Crippen LogP contribution in [-0.4, -0.2) is 19.7 Å². The molecule has 4 aromatic rings. The van der Waals surface area contributed by atoms with Crippen molar-refractivity contribution in [2.75, 3.05) is 0 Å². The van der Waals surface area contributed by atoms with Crippen LogP contribution in [-0.2, 0) is 5.75 Å². The lowest BCUT2D eigenvalue weighted by Crippen LogP contribution is -2.00. The van der Waals surface area contributed by atoms with Gasteiger partial charge in [-0.3, -0.25) is 9.55 Å². The van der Waals surface area contributed by atoms with Crippen LogP contribution in [0.4, 0.5) is 0 Å². The minimum Gasteiger partial charge on any atom is -0.270 e. The summed E-state index contributed by atoms with van der Waals surface area (Å²) >= 11 is 7.59. The smallest absolute Gasteiger partial charge is 0.196 e. The van der Waals surface area contributed by atoms with E-state index in [-0.39, 0.29) is 0 Å². The lowest BCUT2D eigenvalue weighted by atomic mass is 10.1. The summed E-state index contributed by atoms with van der Waals surface area (Å²) in [6, 6.07) is 21.2. The summed E-state index contributed by atoms with van der Waals surface area (Å²) in [5, 5.41) is 19.5. The molecule has 28 heavy (non-hydrogen) atoms. The third-order valence-electron chi connectivity index (χ3n) is 4.15. The first-order chi connectivity index (χ1) is 13.8. The maximum Gasteiger partial charge on any atom is 0.196 e. The van der Waals surface area contributed by atoms with E-state index < -0.39 is 0 Å². The molecule has 5 nitrogen and oxygen atoms in total. The molecule has 0 amide bonds. The van der Waals surface area contributed by atoms with Crippen LogP contribution < -0.4 is 0 Å². The number of hydrogen-bond acceptors (Lipinski definition) is 5. The summed E-state index contributed by atoms with van der Waals surface area (Å²) in [7, 11) is 0. The standard InChI is InChI=1S/C21H14ClN5S/c22-18-5-7-19(8-6-18)27-20(15-9-11-24-12-10-15)25-26-21(27)28-14-17-4-2-1-3-16(17)13-23/h1-12H,14H2. The van der Waals surface area contributed by atoms with E-state index >= 15 is 0 Å². The van der Waals surface area contributed by atoms with Crippen LogP contribution in [0.1, 0.15) is 11.1 Å². The molecule has 0 atom stereocenters. The number of nitrogens with zero attached hydrogens (tertiary/aromatic N) is 5. The monoisotopic (exact) mass is 403 g/mol. The highest BCUT2D eigenvalue weighted by Crippen LogP contribution is 2.30. The van der Waals surface area contributed by atoms with Gasteiger partial charge >= 0.3 is 0 Å². The summed E-state index contributed by atoms with van der Waals surface area (Å²) in [6.07, 6.45) is 3.46. The molecule has 2 aromatic heterocycles. The molecule has 2 aromatic carbocycles. The first kappa shape index (κ1) is 18.2. The van der Waals surface area contributed by atoms with E-state index in [0.717, 1.165) is 27.8 Å². The Morgan fingerprint density at radius 1 is 0.964 bits per heavy atom. The van der Waals surface area contributed by atoms with Gasteiger partial charge in [-0.1, -0.05) is 41.6 Å². The number of rotatable bonds is 5. The normalized spacial score (nSPS) is 10.6. The molecule has 0 aliphatic rings. The minimum atomic E-state index is 0.617. The molecule has 0 radical (unpaired) electrons. The Kier molecular flexibility index (Phi) is 5.38. The van der Waals surface area contributed by atoms with Crippen molar-refractivity contribution in [3.63, 3.8) is 0 Å². The Labute approximate surface area is 171 Å². The number of aromatic nitrogens is 4. The second-order valence-corrected chi connectivity index (χ2v) is 7.29. The Morgan fingerprint density at radius 3 is 2.46 bits per heavy atom. The van der Waals surface area contributed by atoms with Crippen LogP contribution >= 0.6 is 23.4 Å². The number of thioether (sulfide) groups is 1. The molecule has 0 unspecified atom stereocenters. The second-order valence-electron chi connectivity index (χ2n) is 5.91. The van der Waals surface area contributed by atoms with Gasteiger partial charge in [0.15, 0.2) is 11.0 Å². The average Bonchev–Trinajstić information content (AvgIpc) is 3.17. The van der Waals surface area contributed by atoms with Crippen LogP contribution in [0, 0.1) is 11.3 Å². The fourth-order valence-electron chi connectivity index (χ4n) is 2.77. The zero-order valence-electron chi connectivity index (χ0n) is 14.7. The fraction of sp³-hybridized carbons (Fsp3) is 0.0476. The van der Waals surface area contributed by atoms with Crippen molar-refractivity contribution in [1.29, 1.82) is 5.26 Å². The number of hydrogen-bond donors (Lipinski definition) is 0. The molecule has 0 saturated carbocycles. The topological polar surface area (TPSA) is 67.4 Å². The summed E-state index contributed by atoms with van der Waals surface area (Å²) in [5.74, 6) is 1.34. The molecule has 0 bridgehead atoms. The molecule has 0 spiro atoms. The van der Waals surface area contributed by atoms with E-state index in [9.17, 15) is 5.26 Å². The fourth-order valence-corrected chi connectivity index (χ4v) is 3.85. The van der Waals surface area contributed by atoms with Crippen molar-refractivity contribution in [3.05, 3.63) is 89.2 Å². The van der Waals surface area contributed by atoms with Gasteiger partial charge in [-0.2, -0.15) is 5.26 Å². The number of halogens is 1. The van der Waals surface area contributed by atoms with Crippen LogP contribution in [0.5, 0.6) is 0 Å². The summed E-state index contributed by atoms with van der Waals surface area (Å²) in [5.41, 5.74) is 3.46. The molecule has 7 heteroatoms. The SMILES string of the molecule is N#Cc1ccccc1CSc1nnc(-c2ccncc2)n1-c1ccc(Cl)cc1. The molecule has 0 aliphatic carbocycles. The van der Waals surface area contributed by atoms with Crippen molar-refractivity contribution in [2.45, 2.75) is 10.9 Å². The van der Waals surface area contributed by atoms with E-state index in [1.165, 1.54) is 11.8 Å². The zero-order chi connectivity index (χ0) is 19.3. The predicted octanol–water partition coefficient (Wildman–Crippen LogP) is 5.15. The van der Waals surface area contributed by atoms with Crippen molar-refractivity contribution < 1.29 is 0 Å². The largest absolute Gasteiger partial charge is 0.270 e. The Balaban J connectivity index is 1.74. The van der Waals surface area contributed by atoms with Crippen molar-refractivity contribution in [1.82, 2.24) is 19.7 Å². The molecular formula is C21H14ClN5S. The molecular weight excluding hydrogens is 390 g/mol. The Bertz CT molecular complexity index is 1130. The molecule has 136 valence electrons. The highest BCUT2D eigenvalue weighted by atomic mass is 35.5. The molecule has 0 fully saturated rings. The maximum absolute atomic E-state index is 9.32. The van der Waals surface area contributed by atoms with E-state index in [1.54, 1.807) is 12.4 Å². The molecule has 0 saturated heterocycles. The van der Waals surface area contributed by atoms with Gasteiger partial charge < -0.3 is 0 Å². The van der Waals surface area contributed by atoms with Gasteiger partial charge in [0.1, 0.15) is 0 Å². The molecule has 2 heterocycles. The quantitative estimate of drug-likeness (QED) is 0.431. The van der Waals surface area contributed by atoms with Crippen molar-refractivity contribution in [2.24, 2.45) is 0 Å². The third-order valence-corrected chi connectivity index (χ3v) is 5.38. The van der Waals surface area contributed by atoms with E-state index in [4.69, 9.17) is 11.6 Å². The van der Waals surface area contributed by atoms with Gasteiger partial charge in [0.2, 0.25) is 0 Å². The summed E-state index contributed by atoms with van der Waals surface area (Å²) < 4.78 is 1.99.